The Hall–Kier alpha value is -1.85. The van der Waals surface area contributed by atoms with Crippen LogP contribution in [0.25, 0.3) is 0 Å². The number of urea groups is 1. The van der Waals surface area contributed by atoms with E-state index in [-0.39, 0.29) is 12.6 Å². The smallest absolute Gasteiger partial charge is 0.314 e. The molecule has 0 radical (unpaired) electrons. The zero-order valence-corrected chi connectivity index (χ0v) is 13.5. The molecule has 2 aromatic rings. The topological polar surface area (TPSA) is 61.4 Å². The maximum atomic E-state index is 11.7. The third kappa shape index (κ3) is 5.16. The van der Waals surface area contributed by atoms with Crippen molar-refractivity contribution in [3.63, 3.8) is 0 Å². The Labute approximate surface area is 135 Å². The molecule has 0 spiro atoms. The number of carbonyl (C=O) groups is 1. The maximum Gasteiger partial charge on any atom is 0.314 e. The number of carbonyl (C=O) groups excluding carboxylic acids is 1. The van der Waals surface area contributed by atoms with Gasteiger partial charge < -0.3 is 15.7 Å². The van der Waals surface area contributed by atoms with Crippen molar-refractivity contribution in [1.29, 1.82) is 0 Å². The standard InChI is InChI=1S/C17H22N2O2S/c1-17(21,15-9-11-22-12-15)13-19-16(20)18-10-5-8-14-6-3-2-4-7-14/h2-4,6-7,9,11-12,21H,5,8,10,13H2,1H3,(H2,18,19,20). The van der Waals surface area contributed by atoms with Gasteiger partial charge in [0.2, 0.25) is 0 Å². The van der Waals surface area contributed by atoms with Crippen molar-refractivity contribution in [3.8, 4) is 0 Å². The van der Waals surface area contributed by atoms with Crippen molar-refractivity contribution in [2.75, 3.05) is 13.1 Å². The molecule has 0 fully saturated rings. The fourth-order valence-corrected chi connectivity index (χ4v) is 2.91. The molecule has 22 heavy (non-hydrogen) atoms. The Bertz CT molecular complexity index is 568. The predicted molar refractivity (Wildman–Crippen MR) is 90.1 cm³/mol. The molecule has 2 amide bonds. The molecule has 1 aromatic heterocycles. The van der Waals surface area contributed by atoms with Crippen molar-refractivity contribution in [3.05, 3.63) is 58.3 Å². The number of thiophene rings is 1. The van der Waals surface area contributed by atoms with E-state index in [0.29, 0.717) is 6.54 Å². The summed E-state index contributed by atoms with van der Waals surface area (Å²) in [6, 6.07) is 11.8. The molecule has 0 aliphatic carbocycles. The summed E-state index contributed by atoms with van der Waals surface area (Å²) in [5, 5.41) is 19.6. The van der Waals surface area contributed by atoms with E-state index in [1.54, 1.807) is 6.92 Å². The Balaban J connectivity index is 1.64. The van der Waals surface area contributed by atoms with E-state index >= 15 is 0 Å². The van der Waals surface area contributed by atoms with Crippen LogP contribution in [0.4, 0.5) is 4.79 Å². The molecule has 1 aromatic carbocycles. The van der Waals surface area contributed by atoms with Gasteiger partial charge in [-0.25, -0.2) is 4.79 Å². The van der Waals surface area contributed by atoms with Gasteiger partial charge in [0.1, 0.15) is 5.60 Å². The van der Waals surface area contributed by atoms with Gasteiger partial charge >= 0.3 is 6.03 Å². The van der Waals surface area contributed by atoms with Crippen LogP contribution in [-0.2, 0) is 12.0 Å². The van der Waals surface area contributed by atoms with E-state index in [4.69, 9.17) is 0 Å². The van der Waals surface area contributed by atoms with Crippen molar-refractivity contribution in [2.24, 2.45) is 0 Å². The molecule has 0 bridgehead atoms. The number of hydrogen-bond acceptors (Lipinski definition) is 3. The molecule has 0 saturated carbocycles. The summed E-state index contributed by atoms with van der Waals surface area (Å²) < 4.78 is 0. The highest BCUT2D eigenvalue weighted by Gasteiger charge is 2.23. The lowest BCUT2D eigenvalue weighted by Gasteiger charge is -2.22. The van der Waals surface area contributed by atoms with Crippen LogP contribution in [0.5, 0.6) is 0 Å². The summed E-state index contributed by atoms with van der Waals surface area (Å²) in [7, 11) is 0. The summed E-state index contributed by atoms with van der Waals surface area (Å²) in [6.07, 6.45) is 1.83. The molecule has 1 unspecified atom stereocenters. The summed E-state index contributed by atoms with van der Waals surface area (Å²) >= 11 is 1.53. The highest BCUT2D eigenvalue weighted by atomic mass is 32.1. The van der Waals surface area contributed by atoms with Crippen LogP contribution >= 0.6 is 11.3 Å². The minimum atomic E-state index is -1.04. The molecule has 4 nitrogen and oxygen atoms in total. The zero-order chi connectivity index (χ0) is 15.8. The molecule has 1 atom stereocenters. The van der Waals surface area contributed by atoms with Crippen LogP contribution in [0.3, 0.4) is 0 Å². The molecule has 3 N–H and O–H groups in total. The number of aliphatic hydroxyl groups is 1. The summed E-state index contributed by atoms with van der Waals surface area (Å²) in [6.45, 7) is 2.50. The van der Waals surface area contributed by atoms with Crippen LogP contribution in [-0.4, -0.2) is 24.2 Å². The van der Waals surface area contributed by atoms with Gasteiger partial charge in [0, 0.05) is 6.54 Å². The van der Waals surface area contributed by atoms with Crippen LogP contribution in [0.2, 0.25) is 0 Å². The summed E-state index contributed by atoms with van der Waals surface area (Å²) in [4.78, 5) is 11.7. The van der Waals surface area contributed by atoms with Crippen LogP contribution in [0.15, 0.2) is 47.2 Å². The van der Waals surface area contributed by atoms with Gasteiger partial charge in [-0.15, -0.1) is 0 Å². The fraction of sp³-hybridized carbons (Fsp3) is 0.353. The first kappa shape index (κ1) is 16.5. The number of rotatable bonds is 7. The lowest BCUT2D eigenvalue weighted by molar-refractivity contribution is 0.0598. The number of aryl methyl sites for hydroxylation is 1. The van der Waals surface area contributed by atoms with Gasteiger partial charge in [-0.2, -0.15) is 11.3 Å². The molecule has 5 heteroatoms. The van der Waals surface area contributed by atoms with Crippen molar-refractivity contribution in [1.82, 2.24) is 10.6 Å². The molecule has 0 aliphatic heterocycles. The molecular weight excluding hydrogens is 296 g/mol. The van der Waals surface area contributed by atoms with Gasteiger partial charge in [0.15, 0.2) is 0 Å². The Morgan fingerprint density at radius 1 is 1.23 bits per heavy atom. The maximum absolute atomic E-state index is 11.7. The molecule has 1 heterocycles. The van der Waals surface area contributed by atoms with E-state index in [1.807, 2.05) is 35.0 Å². The molecule has 0 aliphatic rings. The number of nitrogens with one attached hydrogen (secondary N) is 2. The largest absolute Gasteiger partial charge is 0.384 e. The minimum Gasteiger partial charge on any atom is -0.384 e. The van der Waals surface area contributed by atoms with E-state index < -0.39 is 5.60 Å². The quantitative estimate of drug-likeness (QED) is 0.687. The van der Waals surface area contributed by atoms with Gasteiger partial charge in [0.05, 0.1) is 6.54 Å². The van der Waals surface area contributed by atoms with Gasteiger partial charge in [-0.05, 0) is 47.7 Å². The van der Waals surface area contributed by atoms with Crippen molar-refractivity contribution >= 4 is 17.4 Å². The van der Waals surface area contributed by atoms with Crippen molar-refractivity contribution < 1.29 is 9.90 Å². The van der Waals surface area contributed by atoms with Crippen molar-refractivity contribution in [2.45, 2.75) is 25.4 Å². The fourth-order valence-electron chi connectivity index (χ4n) is 2.13. The lowest BCUT2D eigenvalue weighted by atomic mass is 9.99. The first-order chi connectivity index (χ1) is 10.6. The lowest BCUT2D eigenvalue weighted by Crippen LogP contribution is -2.43. The monoisotopic (exact) mass is 318 g/mol. The van der Waals surface area contributed by atoms with Crippen LogP contribution in [0.1, 0.15) is 24.5 Å². The highest BCUT2D eigenvalue weighted by Crippen LogP contribution is 2.21. The Morgan fingerprint density at radius 3 is 2.68 bits per heavy atom. The minimum absolute atomic E-state index is 0.189. The van der Waals surface area contributed by atoms with Crippen LogP contribution in [0, 0.1) is 0 Å². The Morgan fingerprint density at radius 2 is 2.00 bits per heavy atom. The highest BCUT2D eigenvalue weighted by molar-refractivity contribution is 7.08. The predicted octanol–water partition coefficient (Wildman–Crippen LogP) is 2.89. The molecule has 0 saturated heterocycles. The number of hydrogen-bond donors (Lipinski definition) is 3. The second kappa shape index (κ2) is 7.96. The number of benzene rings is 1. The number of amides is 2. The summed E-state index contributed by atoms with van der Waals surface area (Å²) in [5.41, 5.74) is 1.05. The average molecular weight is 318 g/mol. The van der Waals surface area contributed by atoms with E-state index in [0.717, 1.165) is 18.4 Å². The van der Waals surface area contributed by atoms with Crippen LogP contribution < -0.4 is 10.6 Å². The van der Waals surface area contributed by atoms with E-state index in [9.17, 15) is 9.90 Å². The molecule has 118 valence electrons. The van der Waals surface area contributed by atoms with Gasteiger partial charge in [0.25, 0.3) is 0 Å². The normalized spacial score (nSPS) is 13.4. The van der Waals surface area contributed by atoms with E-state index in [1.165, 1.54) is 16.9 Å². The third-order valence-electron chi connectivity index (χ3n) is 3.51. The molecule has 2 rings (SSSR count). The SMILES string of the molecule is CC(O)(CNC(=O)NCCCc1ccccc1)c1ccsc1. The van der Waals surface area contributed by atoms with E-state index in [2.05, 4.69) is 22.8 Å². The first-order valence-corrected chi connectivity index (χ1v) is 8.33. The molecular formula is C17H22N2O2S. The summed E-state index contributed by atoms with van der Waals surface area (Å²) in [5.74, 6) is 0. The first-order valence-electron chi connectivity index (χ1n) is 7.38. The average Bonchev–Trinajstić information content (AvgIpc) is 3.06. The second-order valence-corrected chi connectivity index (χ2v) is 6.26. The second-order valence-electron chi connectivity index (χ2n) is 5.48. The van der Waals surface area contributed by atoms with Gasteiger partial charge in [-0.3, -0.25) is 0 Å². The zero-order valence-electron chi connectivity index (χ0n) is 12.7. The third-order valence-corrected chi connectivity index (χ3v) is 4.19. The Kier molecular flexibility index (Phi) is 5.98. The van der Waals surface area contributed by atoms with Gasteiger partial charge in [-0.1, -0.05) is 30.3 Å².